The molecule has 31 heavy (non-hydrogen) atoms. The van der Waals surface area contributed by atoms with Gasteiger partial charge in [-0.15, -0.1) is 0 Å². The molecule has 3 aromatic rings. The van der Waals surface area contributed by atoms with E-state index in [0.717, 1.165) is 0 Å². The summed E-state index contributed by atoms with van der Waals surface area (Å²) in [6, 6.07) is 14.9. The first-order chi connectivity index (χ1) is 14.7. The smallest absolute Gasteiger partial charge is 0.335 e. The van der Waals surface area contributed by atoms with Crippen LogP contribution in [0.5, 0.6) is 0 Å². The molecular weight excluding hydrogens is 444 g/mol. The molecule has 1 aliphatic rings. The molecule has 2 atom stereocenters. The standard InChI is InChI=1S/C22H16Cl2FN3O3/c23-13-5-3-6-14(24)19(13)22(18(20(26)29)12-4-1-2-7-15(12)25)27-16-9-8-11(21(30)31)10-17(16)28-22/h1-10,18,27-28H,(H2,26,29)(H,30,31). The van der Waals surface area contributed by atoms with Crippen LogP contribution in [0, 0.1) is 5.82 Å². The number of hydrogen-bond acceptors (Lipinski definition) is 4. The number of benzene rings is 3. The number of nitrogens with one attached hydrogen (secondary N) is 2. The van der Waals surface area contributed by atoms with Gasteiger partial charge in [0, 0.05) is 21.2 Å². The van der Waals surface area contributed by atoms with Gasteiger partial charge >= 0.3 is 5.97 Å². The van der Waals surface area contributed by atoms with Gasteiger partial charge < -0.3 is 21.5 Å². The second-order valence-electron chi connectivity index (χ2n) is 7.08. The van der Waals surface area contributed by atoms with Gasteiger partial charge in [-0.3, -0.25) is 4.79 Å². The van der Waals surface area contributed by atoms with Crippen LogP contribution in [-0.4, -0.2) is 17.0 Å². The monoisotopic (exact) mass is 459 g/mol. The number of primary amides is 1. The van der Waals surface area contributed by atoms with Crippen LogP contribution in [-0.2, 0) is 10.5 Å². The molecule has 158 valence electrons. The van der Waals surface area contributed by atoms with Crippen molar-refractivity contribution in [1.29, 1.82) is 0 Å². The molecule has 9 heteroatoms. The highest BCUT2D eigenvalue weighted by molar-refractivity contribution is 6.36. The number of hydrogen-bond donors (Lipinski definition) is 4. The molecule has 0 bridgehead atoms. The Bertz CT molecular complexity index is 1200. The fourth-order valence-electron chi connectivity index (χ4n) is 3.94. The van der Waals surface area contributed by atoms with Crippen LogP contribution in [0.4, 0.5) is 15.8 Å². The van der Waals surface area contributed by atoms with Crippen molar-refractivity contribution in [2.24, 2.45) is 5.73 Å². The Labute approximate surface area is 186 Å². The molecule has 0 radical (unpaired) electrons. The van der Waals surface area contributed by atoms with E-state index in [4.69, 9.17) is 28.9 Å². The number of carbonyl (C=O) groups is 2. The molecular formula is C22H16Cl2FN3O3. The first-order valence-electron chi connectivity index (χ1n) is 9.16. The third-order valence-corrected chi connectivity index (χ3v) is 5.85. The molecule has 1 amide bonds. The van der Waals surface area contributed by atoms with E-state index in [1.54, 1.807) is 24.3 Å². The zero-order valence-corrected chi connectivity index (χ0v) is 17.3. The van der Waals surface area contributed by atoms with Crippen molar-refractivity contribution >= 4 is 46.5 Å². The number of carbonyl (C=O) groups excluding carboxylic acids is 1. The van der Waals surface area contributed by atoms with Crippen molar-refractivity contribution in [1.82, 2.24) is 0 Å². The molecule has 0 saturated carbocycles. The lowest BCUT2D eigenvalue weighted by Gasteiger charge is -2.39. The van der Waals surface area contributed by atoms with Crippen molar-refractivity contribution in [2.45, 2.75) is 11.6 Å². The highest BCUT2D eigenvalue weighted by Crippen LogP contribution is 2.51. The molecule has 0 aromatic heterocycles. The summed E-state index contributed by atoms with van der Waals surface area (Å²) in [5.74, 6) is -3.91. The minimum absolute atomic E-state index is 0.0237. The average Bonchev–Trinajstić information content (AvgIpc) is 3.07. The number of fused-ring (bicyclic) bond motifs is 1. The number of halogens is 3. The minimum Gasteiger partial charge on any atom is -0.478 e. The molecule has 3 aromatic carbocycles. The van der Waals surface area contributed by atoms with E-state index in [-0.39, 0.29) is 26.7 Å². The summed E-state index contributed by atoms with van der Waals surface area (Å²) in [5.41, 5.74) is 5.38. The summed E-state index contributed by atoms with van der Waals surface area (Å²) in [6.07, 6.45) is 0. The van der Waals surface area contributed by atoms with Crippen LogP contribution in [0.1, 0.15) is 27.4 Å². The van der Waals surface area contributed by atoms with E-state index in [0.29, 0.717) is 11.4 Å². The van der Waals surface area contributed by atoms with Crippen LogP contribution >= 0.6 is 23.2 Å². The fraction of sp³-hybridized carbons (Fsp3) is 0.0909. The molecule has 0 fully saturated rings. The van der Waals surface area contributed by atoms with Gasteiger partial charge in [-0.05, 0) is 36.4 Å². The predicted molar refractivity (Wildman–Crippen MR) is 117 cm³/mol. The number of carboxylic acids is 1. The fourth-order valence-corrected chi connectivity index (χ4v) is 4.64. The van der Waals surface area contributed by atoms with Gasteiger partial charge in [0.05, 0.1) is 16.9 Å². The van der Waals surface area contributed by atoms with Crippen LogP contribution in [0.15, 0.2) is 60.7 Å². The average molecular weight is 460 g/mol. The number of nitrogens with two attached hydrogens (primary N) is 1. The lowest BCUT2D eigenvalue weighted by Crippen LogP contribution is -2.50. The summed E-state index contributed by atoms with van der Waals surface area (Å²) < 4.78 is 14.8. The Morgan fingerprint density at radius 3 is 2.23 bits per heavy atom. The van der Waals surface area contributed by atoms with E-state index < -0.39 is 29.3 Å². The third kappa shape index (κ3) is 3.45. The number of carboxylic acid groups (broad SMARTS) is 1. The minimum atomic E-state index is -1.58. The molecule has 0 spiro atoms. The molecule has 6 nitrogen and oxygen atoms in total. The molecule has 0 saturated heterocycles. The zero-order valence-electron chi connectivity index (χ0n) is 15.8. The normalized spacial score (nSPS) is 17.9. The Hall–Kier alpha value is -3.29. The predicted octanol–water partition coefficient (Wildman–Crippen LogP) is 4.79. The zero-order chi connectivity index (χ0) is 22.3. The summed E-state index contributed by atoms with van der Waals surface area (Å²) in [6.45, 7) is 0. The highest BCUT2D eigenvalue weighted by Gasteiger charge is 2.51. The SMILES string of the molecule is NC(=O)C(c1ccccc1F)C1(c2c(Cl)cccc2Cl)Nc2ccc(C(=O)O)cc2N1. The summed E-state index contributed by atoms with van der Waals surface area (Å²) in [5, 5.41) is 16.1. The van der Waals surface area contributed by atoms with E-state index in [2.05, 4.69) is 10.6 Å². The van der Waals surface area contributed by atoms with Crippen LogP contribution < -0.4 is 16.4 Å². The van der Waals surface area contributed by atoms with Crippen LogP contribution in [0.2, 0.25) is 10.0 Å². The summed E-state index contributed by atoms with van der Waals surface area (Å²) in [4.78, 5) is 24.2. The van der Waals surface area contributed by atoms with Gasteiger partial charge in [-0.2, -0.15) is 0 Å². The lowest BCUT2D eigenvalue weighted by molar-refractivity contribution is -0.120. The number of amides is 1. The van der Waals surface area contributed by atoms with Gasteiger partial charge in [-0.1, -0.05) is 47.5 Å². The van der Waals surface area contributed by atoms with Crippen molar-refractivity contribution in [2.75, 3.05) is 10.6 Å². The molecule has 1 aliphatic heterocycles. The van der Waals surface area contributed by atoms with Crippen molar-refractivity contribution in [3.8, 4) is 0 Å². The molecule has 1 heterocycles. The molecule has 2 unspecified atom stereocenters. The largest absolute Gasteiger partial charge is 0.478 e. The van der Waals surface area contributed by atoms with E-state index in [9.17, 15) is 19.1 Å². The maximum atomic E-state index is 14.8. The highest BCUT2D eigenvalue weighted by atomic mass is 35.5. The second kappa shape index (κ2) is 7.76. The van der Waals surface area contributed by atoms with Crippen LogP contribution in [0.25, 0.3) is 0 Å². The van der Waals surface area contributed by atoms with Gasteiger partial charge in [0.1, 0.15) is 11.7 Å². The van der Waals surface area contributed by atoms with Gasteiger partial charge in [0.15, 0.2) is 5.66 Å². The Kier molecular flexibility index (Phi) is 5.24. The Morgan fingerprint density at radius 2 is 1.61 bits per heavy atom. The molecule has 0 aliphatic carbocycles. The van der Waals surface area contributed by atoms with Gasteiger partial charge in [0.25, 0.3) is 0 Å². The maximum Gasteiger partial charge on any atom is 0.335 e. The summed E-state index contributed by atoms with van der Waals surface area (Å²) in [7, 11) is 0. The Balaban J connectivity index is 2.00. The van der Waals surface area contributed by atoms with Crippen LogP contribution in [0.3, 0.4) is 0 Å². The van der Waals surface area contributed by atoms with E-state index >= 15 is 0 Å². The first kappa shape index (κ1) is 21.0. The summed E-state index contributed by atoms with van der Waals surface area (Å²) >= 11 is 13.0. The third-order valence-electron chi connectivity index (χ3n) is 5.22. The topological polar surface area (TPSA) is 104 Å². The first-order valence-corrected chi connectivity index (χ1v) is 9.92. The van der Waals surface area contributed by atoms with E-state index in [1.165, 1.54) is 36.4 Å². The van der Waals surface area contributed by atoms with Crippen molar-refractivity contribution in [3.05, 3.63) is 93.2 Å². The molecule has 5 N–H and O–H groups in total. The quantitative estimate of drug-likeness (QED) is 0.438. The second-order valence-corrected chi connectivity index (χ2v) is 7.89. The van der Waals surface area contributed by atoms with Crippen molar-refractivity contribution < 1.29 is 19.1 Å². The van der Waals surface area contributed by atoms with E-state index in [1.807, 2.05) is 0 Å². The number of aromatic carboxylic acids is 1. The van der Waals surface area contributed by atoms with Gasteiger partial charge in [0.2, 0.25) is 5.91 Å². The maximum absolute atomic E-state index is 14.8. The lowest BCUT2D eigenvalue weighted by atomic mass is 9.80. The number of anilines is 2. The van der Waals surface area contributed by atoms with Gasteiger partial charge in [-0.25, -0.2) is 9.18 Å². The van der Waals surface area contributed by atoms with Crippen molar-refractivity contribution in [3.63, 3.8) is 0 Å². The Morgan fingerprint density at radius 1 is 0.968 bits per heavy atom. The number of rotatable bonds is 5. The molecule has 4 rings (SSSR count).